The van der Waals surface area contributed by atoms with Crippen LogP contribution in [0.25, 0.3) is 0 Å². The molecule has 6 heteroatoms. The molecule has 108 valence electrons. The first-order valence-electron chi connectivity index (χ1n) is 6.77. The van der Waals surface area contributed by atoms with E-state index in [0.29, 0.717) is 6.42 Å². The standard InChI is InChI=1S/C14H19N3O3/c1-11-10-16(9-7-13(11)15-18)8-6-12-4-2-3-5-14(12)17(19)20/h2-5,11,18H,6-10H2,1H3/b15-13+. The van der Waals surface area contributed by atoms with E-state index in [1.54, 1.807) is 12.1 Å². The number of hydrogen-bond acceptors (Lipinski definition) is 5. The third-order valence-corrected chi connectivity index (χ3v) is 3.80. The van der Waals surface area contributed by atoms with Gasteiger partial charge < -0.3 is 10.1 Å². The quantitative estimate of drug-likeness (QED) is 0.520. The molecular formula is C14H19N3O3. The number of nitrogens with zero attached hydrogens (tertiary/aromatic N) is 3. The molecule has 6 nitrogen and oxygen atoms in total. The lowest BCUT2D eigenvalue weighted by Crippen LogP contribution is -2.40. The van der Waals surface area contributed by atoms with E-state index in [0.717, 1.165) is 37.3 Å². The molecule has 0 spiro atoms. The van der Waals surface area contributed by atoms with Crippen molar-refractivity contribution >= 4 is 11.4 Å². The Balaban J connectivity index is 1.95. The van der Waals surface area contributed by atoms with Crippen LogP contribution in [0.15, 0.2) is 29.4 Å². The maximum absolute atomic E-state index is 11.0. The van der Waals surface area contributed by atoms with Gasteiger partial charge in [-0.1, -0.05) is 30.3 Å². The molecule has 1 heterocycles. The van der Waals surface area contributed by atoms with Gasteiger partial charge in [-0.05, 0) is 6.42 Å². The topological polar surface area (TPSA) is 79.0 Å². The summed E-state index contributed by atoms with van der Waals surface area (Å²) >= 11 is 0. The lowest BCUT2D eigenvalue weighted by Gasteiger charge is -2.31. The molecule has 1 atom stereocenters. The molecule has 1 aromatic rings. The van der Waals surface area contributed by atoms with E-state index in [4.69, 9.17) is 5.21 Å². The number of para-hydroxylation sites is 1. The second-order valence-electron chi connectivity index (χ2n) is 5.18. The van der Waals surface area contributed by atoms with Gasteiger partial charge in [0, 0.05) is 43.6 Å². The highest BCUT2D eigenvalue weighted by Crippen LogP contribution is 2.20. The molecule has 2 rings (SSSR count). The zero-order valence-corrected chi connectivity index (χ0v) is 11.5. The summed E-state index contributed by atoms with van der Waals surface area (Å²) in [6, 6.07) is 6.88. The molecule has 1 unspecified atom stereocenters. The SMILES string of the molecule is CC1CN(CCc2ccccc2[N+](=O)[O-])CC/C1=N\O. The van der Waals surface area contributed by atoms with Crippen molar-refractivity contribution < 1.29 is 10.1 Å². The van der Waals surface area contributed by atoms with E-state index >= 15 is 0 Å². The van der Waals surface area contributed by atoms with Crippen molar-refractivity contribution in [2.24, 2.45) is 11.1 Å². The van der Waals surface area contributed by atoms with Crippen LogP contribution in [0.3, 0.4) is 0 Å². The summed E-state index contributed by atoms with van der Waals surface area (Å²) in [7, 11) is 0. The molecule has 1 aromatic carbocycles. The normalized spacial score (nSPS) is 22.1. The van der Waals surface area contributed by atoms with Gasteiger partial charge in [0.1, 0.15) is 0 Å². The molecule has 1 saturated heterocycles. The molecule has 1 aliphatic heterocycles. The van der Waals surface area contributed by atoms with Crippen LogP contribution in [-0.2, 0) is 6.42 Å². The summed E-state index contributed by atoms with van der Waals surface area (Å²) < 4.78 is 0. The lowest BCUT2D eigenvalue weighted by atomic mass is 9.97. The van der Waals surface area contributed by atoms with Gasteiger partial charge in [0.2, 0.25) is 0 Å². The molecule has 1 aliphatic rings. The third kappa shape index (κ3) is 3.33. The number of likely N-dealkylation sites (tertiary alicyclic amines) is 1. The minimum Gasteiger partial charge on any atom is -0.411 e. The Morgan fingerprint density at radius 3 is 2.90 bits per heavy atom. The zero-order valence-electron chi connectivity index (χ0n) is 11.5. The number of benzene rings is 1. The summed E-state index contributed by atoms with van der Waals surface area (Å²) in [4.78, 5) is 12.9. The smallest absolute Gasteiger partial charge is 0.272 e. The predicted molar refractivity (Wildman–Crippen MR) is 76.2 cm³/mol. The predicted octanol–water partition coefficient (Wildman–Crippen LogP) is 2.31. The van der Waals surface area contributed by atoms with Gasteiger partial charge in [-0.15, -0.1) is 0 Å². The highest BCUT2D eigenvalue weighted by atomic mass is 16.6. The number of hydrogen-bond donors (Lipinski definition) is 1. The third-order valence-electron chi connectivity index (χ3n) is 3.80. The maximum atomic E-state index is 11.0. The van der Waals surface area contributed by atoms with E-state index < -0.39 is 0 Å². The Bertz CT molecular complexity index is 516. The highest BCUT2D eigenvalue weighted by molar-refractivity contribution is 5.86. The fourth-order valence-electron chi connectivity index (χ4n) is 2.63. The van der Waals surface area contributed by atoms with Crippen molar-refractivity contribution in [1.29, 1.82) is 0 Å². The second-order valence-corrected chi connectivity index (χ2v) is 5.18. The summed E-state index contributed by atoms with van der Waals surface area (Å²) in [6.45, 7) is 4.49. The minimum absolute atomic E-state index is 0.190. The largest absolute Gasteiger partial charge is 0.411 e. The van der Waals surface area contributed by atoms with Crippen LogP contribution in [0.5, 0.6) is 0 Å². The Hall–Kier alpha value is -1.95. The van der Waals surface area contributed by atoms with Gasteiger partial charge in [-0.2, -0.15) is 0 Å². The van der Waals surface area contributed by atoms with Gasteiger partial charge in [0.05, 0.1) is 10.6 Å². The Morgan fingerprint density at radius 2 is 2.25 bits per heavy atom. The van der Waals surface area contributed by atoms with Gasteiger partial charge in [0.15, 0.2) is 0 Å². The number of oxime groups is 1. The Kier molecular flexibility index (Phi) is 4.68. The van der Waals surface area contributed by atoms with E-state index in [9.17, 15) is 10.1 Å². The first-order valence-corrected chi connectivity index (χ1v) is 6.77. The molecule has 0 radical (unpaired) electrons. The number of nitro benzene ring substituents is 1. The van der Waals surface area contributed by atoms with Crippen molar-refractivity contribution in [2.75, 3.05) is 19.6 Å². The monoisotopic (exact) mass is 277 g/mol. The summed E-state index contributed by atoms with van der Waals surface area (Å²) in [5, 5.41) is 23.1. The van der Waals surface area contributed by atoms with Crippen molar-refractivity contribution in [2.45, 2.75) is 19.8 Å². The zero-order chi connectivity index (χ0) is 14.5. The summed E-state index contributed by atoms with van der Waals surface area (Å²) in [5.41, 5.74) is 1.80. The van der Waals surface area contributed by atoms with Crippen LogP contribution in [0.1, 0.15) is 18.9 Å². The first kappa shape index (κ1) is 14.5. The van der Waals surface area contributed by atoms with Crippen molar-refractivity contribution in [3.8, 4) is 0 Å². The molecule has 1 N–H and O–H groups in total. The van der Waals surface area contributed by atoms with Crippen molar-refractivity contribution in [1.82, 2.24) is 4.90 Å². The first-order chi connectivity index (χ1) is 9.61. The van der Waals surface area contributed by atoms with Crippen LogP contribution >= 0.6 is 0 Å². The summed E-state index contributed by atoms with van der Waals surface area (Å²) in [5.74, 6) is 0.236. The number of rotatable bonds is 4. The van der Waals surface area contributed by atoms with E-state index in [-0.39, 0.29) is 16.5 Å². The molecular weight excluding hydrogens is 258 g/mol. The fourth-order valence-corrected chi connectivity index (χ4v) is 2.63. The minimum atomic E-state index is -0.329. The van der Waals surface area contributed by atoms with Crippen LogP contribution in [-0.4, -0.2) is 40.4 Å². The number of piperidine rings is 1. The Morgan fingerprint density at radius 1 is 1.50 bits per heavy atom. The molecule has 0 saturated carbocycles. The van der Waals surface area contributed by atoms with Crippen LogP contribution in [0.2, 0.25) is 0 Å². The maximum Gasteiger partial charge on any atom is 0.272 e. The number of nitro groups is 1. The molecule has 0 amide bonds. The van der Waals surface area contributed by atoms with Gasteiger partial charge in [-0.25, -0.2) is 0 Å². The molecule has 0 bridgehead atoms. The van der Waals surface area contributed by atoms with Crippen LogP contribution < -0.4 is 0 Å². The van der Waals surface area contributed by atoms with E-state index in [2.05, 4.69) is 10.1 Å². The van der Waals surface area contributed by atoms with E-state index in [1.165, 1.54) is 0 Å². The second kappa shape index (κ2) is 6.47. The van der Waals surface area contributed by atoms with Gasteiger partial charge >= 0.3 is 0 Å². The fraction of sp³-hybridized carbons (Fsp3) is 0.500. The summed E-state index contributed by atoms with van der Waals surface area (Å²) in [6.07, 6.45) is 1.42. The van der Waals surface area contributed by atoms with E-state index in [1.807, 2.05) is 19.1 Å². The molecule has 0 aliphatic carbocycles. The Labute approximate surface area is 117 Å². The van der Waals surface area contributed by atoms with Crippen molar-refractivity contribution in [3.63, 3.8) is 0 Å². The molecule has 20 heavy (non-hydrogen) atoms. The van der Waals surface area contributed by atoms with Gasteiger partial charge in [-0.3, -0.25) is 10.1 Å². The average molecular weight is 277 g/mol. The molecule has 0 aromatic heterocycles. The van der Waals surface area contributed by atoms with Crippen LogP contribution in [0, 0.1) is 16.0 Å². The van der Waals surface area contributed by atoms with Crippen LogP contribution in [0.4, 0.5) is 5.69 Å². The van der Waals surface area contributed by atoms with Gasteiger partial charge in [0.25, 0.3) is 5.69 Å². The molecule has 1 fully saturated rings. The average Bonchev–Trinajstić information content (AvgIpc) is 2.45. The lowest BCUT2D eigenvalue weighted by molar-refractivity contribution is -0.385. The van der Waals surface area contributed by atoms with Crippen molar-refractivity contribution in [3.05, 3.63) is 39.9 Å². The highest BCUT2D eigenvalue weighted by Gasteiger charge is 2.23.